The molecule has 1 aliphatic carbocycles. The summed E-state index contributed by atoms with van der Waals surface area (Å²) in [4.78, 5) is 4.47. The molecule has 152 valence electrons. The van der Waals surface area contributed by atoms with E-state index in [0.717, 1.165) is 30.4 Å². The van der Waals surface area contributed by atoms with Crippen LogP contribution in [-0.4, -0.2) is 33.3 Å². The zero-order valence-electron chi connectivity index (χ0n) is 16.2. The molecule has 7 heteroatoms. The van der Waals surface area contributed by atoms with Gasteiger partial charge in [0.2, 0.25) is 0 Å². The molecule has 1 saturated carbocycles. The molecule has 1 aliphatic rings. The van der Waals surface area contributed by atoms with Gasteiger partial charge in [-0.3, -0.25) is 4.99 Å². The van der Waals surface area contributed by atoms with Crippen molar-refractivity contribution in [2.75, 3.05) is 27.3 Å². The zero-order valence-corrected chi connectivity index (χ0v) is 18.5. The molecule has 1 fully saturated rings. The fraction of sp³-hybridized carbons (Fsp3) is 0.381. The van der Waals surface area contributed by atoms with Crippen LogP contribution in [0.3, 0.4) is 0 Å². The summed E-state index contributed by atoms with van der Waals surface area (Å²) in [6.45, 7) is 1.24. The predicted molar refractivity (Wildman–Crippen MR) is 120 cm³/mol. The smallest absolute Gasteiger partial charge is 0.188 e. The highest BCUT2D eigenvalue weighted by molar-refractivity contribution is 14.0. The molecule has 0 radical (unpaired) electrons. The fourth-order valence-electron chi connectivity index (χ4n) is 3.17. The van der Waals surface area contributed by atoms with E-state index in [4.69, 9.17) is 15.2 Å². The summed E-state index contributed by atoms with van der Waals surface area (Å²) in [5.41, 5.74) is 8.07. The Hall–Kier alpha value is -2.03. The largest absolute Gasteiger partial charge is 0.493 e. The molecule has 0 heterocycles. The number of halogens is 2. The van der Waals surface area contributed by atoms with Gasteiger partial charge in [-0.25, -0.2) is 4.39 Å². The van der Waals surface area contributed by atoms with Crippen LogP contribution in [0.4, 0.5) is 4.39 Å². The fourth-order valence-corrected chi connectivity index (χ4v) is 3.17. The monoisotopic (exact) mass is 499 g/mol. The number of benzene rings is 2. The topological polar surface area (TPSA) is 68.9 Å². The van der Waals surface area contributed by atoms with Gasteiger partial charge in [0.25, 0.3) is 0 Å². The van der Waals surface area contributed by atoms with Crippen molar-refractivity contribution in [2.24, 2.45) is 10.7 Å². The van der Waals surface area contributed by atoms with E-state index in [-0.39, 0.29) is 35.2 Å². The molecule has 0 amide bonds. The van der Waals surface area contributed by atoms with Crippen LogP contribution in [0, 0.1) is 5.82 Å². The molecular formula is C21H27FIN3O2. The minimum atomic E-state index is -0.205. The highest BCUT2D eigenvalue weighted by Crippen LogP contribution is 2.48. The lowest BCUT2D eigenvalue weighted by Crippen LogP contribution is -2.34. The minimum Gasteiger partial charge on any atom is -0.493 e. The molecule has 0 atom stereocenters. The van der Waals surface area contributed by atoms with Crippen LogP contribution >= 0.6 is 24.0 Å². The van der Waals surface area contributed by atoms with Gasteiger partial charge in [-0.2, -0.15) is 0 Å². The summed E-state index contributed by atoms with van der Waals surface area (Å²) in [6.07, 6.45) is 2.81. The lowest BCUT2D eigenvalue weighted by atomic mass is 9.96. The van der Waals surface area contributed by atoms with E-state index in [2.05, 4.69) is 10.3 Å². The van der Waals surface area contributed by atoms with Crippen molar-refractivity contribution in [3.63, 3.8) is 0 Å². The minimum absolute atomic E-state index is 0. The van der Waals surface area contributed by atoms with Crippen molar-refractivity contribution < 1.29 is 13.9 Å². The first-order chi connectivity index (χ1) is 13.1. The van der Waals surface area contributed by atoms with Gasteiger partial charge in [-0.1, -0.05) is 18.2 Å². The van der Waals surface area contributed by atoms with Crippen LogP contribution in [0.1, 0.15) is 24.0 Å². The Morgan fingerprint density at radius 2 is 1.89 bits per heavy atom. The molecule has 3 rings (SSSR count). The summed E-state index contributed by atoms with van der Waals surface area (Å²) < 4.78 is 24.0. The second-order valence-corrected chi connectivity index (χ2v) is 6.86. The van der Waals surface area contributed by atoms with Crippen molar-refractivity contribution in [3.05, 3.63) is 59.4 Å². The molecule has 0 saturated heterocycles. The number of nitrogens with zero attached hydrogens (tertiary/aromatic N) is 1. The molecule has 0 bridgehead atoms. The molecule has 0 unspecified atom stereocenters. The van der Waals surface area contributed by atoms with Crippen LogP contribution in [0.2, 0.25) is 0 Å². The Labute approximate surface area is 182 Å². The summed E-state index contributed by atoms with van der Waals surface area (Å²) in [5.74, 6) is 1.63. The summed E-state index contributed by atoms with van der Waals surface area (Å²) in [5, 5.41) is 3.14. The molecule has 28 heavy (non-hydrogen) atoms. The number of guanidine groups is 1. The van der Waals surface area contributed by atoms with Crippen molar-refractivity contribution in [2.45, 2.75) is 24.7 Å². The molecule has 5 nitrogen and oxygen atoms in total. The molecule has 3 N–H and O–H groups in total. The van der Waals surface area contributed by atoms with Gasteiger partial charge >= 0.3 is 0 Å². The number of ether oxygens (including phenoxy) is 2. The Morgan fingerprint density at radius 1 is 1.14 bits per heavy atom. The maximum absolute atomic E-state index is 13.5. The van der Waals surface area contributed by atoms with E-state index < -0.39 is 0 Å². The molecule has 0 aliphatic heterocycles. The summed E-state index contributed by atoms with van der Waals surface area (Å²) >= 11 is 0. The van der Waals surface area contributed by atoms with E-state index in [1.807, 2.05) is 24.3 Å². The number of hydrogen-bond acceptors (Lipinski definition) is 3. The lowest BCUT2D eigenvalue weighted by Gasteiger charge is -2.14. The first kappa shape index (κ1) is 22.3. The SMILES string of the molecule is COc1ccc(CCNC(N)=NCC2(c3cccc(F)c3)CC2)cc1OC.I. The predicted octanol–water partition coefficient (Wildman–Crippen LogP) is 3.64. The Morgan fingerprint density at radius 3 is 2.54 bits per heavy atom. The maximum Gasteiger partial charge on any atom is 0.188 e. The van der Waals surface area contributed by atoms with Gasteiger partial charge in [0, 0.05) is 12.0 Å². The van der Waals surface area contributed by atoms with Gasteiger partial charge in [0.1, 0.15) is 5.82 Å². The second-order valence-electron chi connectivity index (χ2n) is 6.86. The van der Waals surface area contributed by atoms with Gasteiger partial charge in [-0.05, 0) is 54.7 Å². The molecule has 2 aromatic carbocycles. The molecule has 0 aromatic heterocycles. The molecular weight excluding hydrogens is 472 g/mol. The zero-order chi connectivity index (χ0) is 19.3. The van der Waals surface area contributed by atoms with Crippen LogP contribution in [0.25, 0.3) is 0 Å². The van der Waals surface area contributed by atoms with E-state index in [0.29, 0.717) is 30.5 Å². The highest BCUT2D eigenvalue weighted by Gasteiger charge is 2.44. The van der Waals surface area contributed by atoms with Crippen molar-refractivity contribution >= 4 is 29.9 Å². The van der Waals surface area contributed by atoms with Gasteiger partial charge < -0.3 is 20.5 Å². The normalized spacial score (nSPS) is 14.8. The van der Waals surface area contributed by atoms with Crippen LogP contribution in [0.5, 0.6) is 11.5 Å². The Bertz CT molecular complexity index is 825. The molecule has 0 spiro atoms. The first-order valence-electron chi connectivity index (χ1n) is 9.07. The number of aliphatic imine (C=N–C) groups is 1. The van der Waals surface area contributed by atoms with Crippen LogP contribution in [0.15, 0.2) is 47.5 Å². The number of nitrogens with two attached hydrogens (primary N) is 1. The maximum atomic E-state index is 13.5. The highest BCUT2D eigenvalue weighted by atomic mass is 127. The van der Waals surface area contributed by atoms with E-state index in [9.17, 15) is 4.39 Å². The average molecular weight is 499 g/mol. The second kappa shape index (κ2) is 9.95. The van der Waals surface area contributed by atoms with Crippen molar-refractivity contribution in [1.82, 2.24) is 5.32 Å². The number of rotatable bonds is 8. The quantitative estimate of drug-likeness (QED) is 0.331. The third-order valence-corrected chi connectivity index (χ3v) is 5.01. The summed E-state index contributed by atoms with van der Waals surface area (Å²) in [6, 6.07) is 12.6. The van der Waals surface area contributed by atoms with Gasteiger partial charge in [0.15, 0.2) is 17.5 Å². The van der Waals surface area contributed by atoms with Crippen LogP contribution in [-0.2, 0) is 11.8 Å². The van der Waals surface area contributed by atoms with Crippen LogP contribution < -0.4 is 20.5 Å². The average Bonchev–Trinajstić information content (AvgIpc) is 3.47. The standard InChI is InChI=1S/C21H26FN3O2.HI/c1-26-18-7-6-15(12-19(18)27-2)8-11-24-20(23)25-14-21(9-10-21)16-4-3-5-17(22)13-16;/h3-7,12-13H,8-11,14H2,1-2H3,(H3,23,24,25);1H. The Kier molecular flexibility index (Phi) is 7.91. The van der Waals surface area contributed by atoms with Crippen molar-refractivity contribution in [3.8, 4) is 11.5 Å². The lowest BCUT2D eigenvalue weighted by molar-refractivity contribution is 0.354. The molecule has 2 aromatic rings. The van der Waals surface area contributed by atoms with Crippen molar-refractivity contribution in [1.29, 1.82) is 0 Å². The number of hydrogen-bond donors (Lipinski definition) is 2. The van der Waals surface area contributed by atoms with Gasteiger partial charge in [-0.15, -0.1) is 24.0 Å². The number of nitrogens with one attached hydrogen (secondary N) is 1. The van der Waals surface area contributed by atoms with Gasteiger partial charge in [0.05, 0.1) is 20.8 Å². The Balaban J connectivity index is 0.00000280. The first-order valence-corrected chi connectivity index (χ1v) is 9.07. The third-order valence-electron chi connectivity index (χ3n) is 5.01. The van der Waals surface area contributed by atoms with E-state index in [1.54, 1.807) is 26.4 Å². The summed E-state index contributed by atoms with van der Waals surface area (Å²) in [7, 11) is 3.24. The number of methoxy groups -OCH3 is 2. The van der Waals surface area contributed by atoms with E-state index >= 15 is 0 Å². The van der Waals surface area contributed by atoms with E-state index in [1.165, 1.54) is 6.07 Å². The third kappa shape index (κ3) is 5.50.